The molecule has 1 aromatic heterocycles. The van der Waals surface area contributed by atoms with Crippen molar-refractivity contribution in [3.05, 3.63) is 65.8 Å². The van der Waals surface area contributed by atoms with E-state index in [1.54, 1.807) is 6.20 Å². The molecular weight excluding hydrogens is 384 g/mol. The highest BCUT2D eigenvalue weighted by molar-refractivity contribution is 6.32. The first-order valence-corrected chi connectivity index (χ1v) is 10.2. The molecule has 0 radical (unpaired) electrons. The average Bonchev–Trinajstić information content (AvgIpc) is 2.77. The summed E-state index contributed by atoms with van der Waals surface area (Å²) in [5.41, 5.74) is 8.28. The zero-order valence-corrected chi connectivity index (χ0v) is 17.0. The average molecular weight is 409 g/mol. The van der Waals surface area contributed by atoms with Crippen molar-refractivity contribution in [2.24, 2.45) is 5.73 Å². The first-order valence-electron chi connectivity index (χ1n) is 9.81. The van der Waals surface area contributed by atoms with Crippen molar-refractivity contribution in [1.29, 1.82) is 0 Å². The van der Waals surface area contributed by atoms with E-state index in [4.69, 9.17) is 21.4 Å². The number of hydrogen-bond acceptors (Lipinski definition) is 4. The van der Waals surface area contributed by atoms with E-state index in [2.05, 4.69) is 40.3 Å². The molecule has 0 saturated heterocycles. The maximum absolute atomic E-state index is 8.58. The van der Waals surface area contributed by atoms with Gasteiger partial charge in [-0.25, -0.2) is 9.97 Å². The van der Waals surface area contributed by atoms with Crippen molar-refractivity contribution in [3.63, 3.8) is 0 Å². The molecule has 1 aliphatic rings. The van der Waals surface area contributed by atoms with E-state index in [9.17, 15) is 0 Å². The molecule has 0 spiro atoms. The molecule has 3 N–H and O–H groups in total. The lowest BCUT2D eigenvalue weighted by atomic mass is 9.96. The number of nitrogens with two attached hydrogens (primary N) is 1. The third-order valence-corrected chi connectivity index (χ3v) is 5.20. The summed E-state index contributed by atoms with van der Waals surface area (Å²) in [7, 11) is 0. The van der Waals surface area contributed by atoms with Gasteiger partial charge in [0.1, 0.15) is 0 Å². The summed E-state index contributed by atoms with van der Waals surface area (Å²) in [5, 5.41) is 4.06. The van der Waals surface area contributed by atoms with E-state index in [0.29, 0.717) is 17.0 Å². The van der Waals surface area contributed by atoms with Gasteiger partial charge >= 0.3 is 0 Å². The minimum Gasteiger partial charge on any atom is -0.372 e. The third kappa shape index (κ3) is 5.78. The van der Waals surface area contributed by atoms with Crippen LogP contribution in [0.15, 0.2) is 60.8 Å². The van der Waals surface area contributed by atoms with Gasteiger partial charge in [0.15, 0.2) is 0 Å². The summed E-state index contributed by atoms with van der Waals surface area (Å²) in [6.45, 7) is 0. The fourth-order valence-electron chi connectivity index (χ4n) is 3.55. The number of rotatable bonds is 4. The number of amides is 1. The fraction of sp³-hybridized carbons (Fsp3) is 0.261. The number of benzene rings is 2. The Morgan fingerprint density at radius 3 is 2.34 bits per heavy atom. The standard InChI is InChI=1S/C22H22ClN3.CH3NO/c23-20-15-24-22(25-19-12-5-2-6-13-19)26-21(20)18-11-7-10-17(14-18)16-8-3-1-4-9-16;2-1-3/h1,3-4,7-11,14-15,19H,2,5-6,12-13H2,(H,24,25,26);1H,(H2,2,3). The second kappa shape index (κ2) is 10.6. The van der Waals surface area contributed by atoms with Crippen LogP contribution in [-0.4, -0.2) is 22.4 Å². The largest absolute Gasteiger partial charge is 0.372 e. The number of halogens is 1. The van der Waals surface area contributed by atoms with Crippen molar-refractivity contribution in [2.75, 3.05) is 5.32 Å². The molecular formula is C23H25ClN4O. The first kappa shape index (κ1) is 20.8. The predicted molar refractivity (Wildman–Crippen MR) is 119 cm³/mol. The monoisotopic (exact) mass is 408 g/mol. The van der Waals surface area contributed by atoms with E-state index in [1.165, 1.54) is 37.7 Å². The molecule has 1 fully saturated rings. The van der Waals surface area contributed by atoms with Crippen LogP contribution in [0.25, 0.3) is 22.4 Å². The van der Waals surface area contributed by atoms with Gasteiger partial charge < -0.3 is 11.1 Å². The molecule has 4 rings (SSSR count). The molecule has 1 heterocycles. The molecule has 2 aromatic carbocycles. The highest BCUT2D eigenvalue weighted by atomic mass is 35.5. The Labute approximate surface area is 176 Å². The number of carbonyl (C=O) groups is 1. The molecule has 0 atom stereocenters. The fourth-order valence-corrected chi connectivity index (χ4v) is 3.75. The zero-order chi connectivity index (χ0) is 20.5. The highest BCUT2D eigenvalue weighted by Crippen LogP contribution is 2.30. The molecule has 0 unspecified atom stereocenters. The number of aromatic nitrogens is 2. The molecule has 1 amide bonds. The van der Waals surface area contributed by atoms with Crippen LogP contribution >= 0.6 is 11.6 Å². The zero-order valence-electron chi connectivity index (χ0n) is 16.2. The lowest BCUT2D eigenvalue weighted by molar-refractivity contribution is -0.106. The highest BCUT2D eigenvalue weighted by Gasteiger charge is 2.15. The Bertz CT molecular complexity index is 927. The van der Waals surface area contributed by atoms with Gasteiger partial charge in [0.25, 0.3) is 0 Å². The summed E-state index contributed by atoms with van der Waals surface area (Å²) in [6.07, 6.45) is 8.20. The van der Waals surface area contributed by atoms with E-state index >= 15 is 0 Å². The number of primary amides is 1. The first-order chi connectivity index (χ1) is 14.2. The van der Waals surface area contributed by atoms with E-state index in [0.717, 1.165) is 16.8 Å². The van der Waals surface area contributed by atoms with Crippen LogP contribution in [0.1, 0.15) is 32.1 Å². The normalized spacial score (nSPS) is 13.8. The van der Waals surface area contributed by atoms with Gasteiger partial charge in [-0.3, -0.25) is 4.79 Å². The van der Waals surface area contributed by atoms with Crippen LogP contribution in [-0.2, 0) is 4.79 Å². The van der Waals surface area contributed by atoms with Gasteiger partial charge in [-0.1, -0.05) is 79.4 Å². The predicted octanol–water partition coefficient (Wildman–Crippen LogP) is 5.31. The summed E-state index contributed by atoms with van der Waals surface area (Å²) in [6, 6.07) is 19.1. The van der Waals surface area contributed by atoms with E-state index in [-0.39, 0.29) is 6.41 Å². The van der Waals surface area contributed by atoms with Crippen LogP contribution in [0, 0.1) is 0 Å². The van der Waals surface area contributed by atoms with Crippen LogP contribution in [0.5, 0.6) is 0 Å². The second-order valence-electron chi connectivity index (χ2n) is 6.95. The molecule has 29 heavy (non-hydrogen) atoms. The van der Waals surface area contributed by atoms with Gasteiger partial charge in [-0.2, -0.15) is 0 Å². The van der Waals surface area contributed by atoms with E-state index < -0.39 is 0 Å². The molecule has 6 heteroatoms. The van der Waals surface area contributed by atoms with Crippen molar-refractivity contribution >= 4 is 24.0 Å². The van der Waals surface area contributed by atoms with Crippen molar-refractivity contribution in [1.82, 2.24) is 9.97 Å². The maximum atomic E-state index is 8.58. The third-order valence-electron chi connectivity index (χ3n) is 4.93. The summed E-state index contributed by atoms with van der Waals surface area (Å²) in [4.78, 5) is 17.7. The van der Waals surface area contributed by atoms with Gasteiger partial charge in [-0.05, 0) is 30.0 Å². The summed E-state index contributed by atoms with van der Waals surface area (Å²) in [5.74, 6) is 0.668. The smallest absolute Gasteiger partial charge is 0.223 e. The van der Waals surface area contributed by atoms with Gasteiger partial charge in [0, 0.05) is 11.6 Å². The minimum atomic E-state index is 0.250. The molecule has 3 aromatic rings. The molecule has 5 nitrogen and oxygen atoms in total. The number of carbonyl (C=O) groups excluding carboxylic acids is 1. The Morgan fingerprint density at radius 2 is 1.62 bits per heavy atom. The quantitative estimate of drug-likeness (QED) is 0.573. The summed E-state index contributed by atoms with van der Waals surface area (Å²) < 4.78 is 0. The van der Waals surface area contributed by atoms with E-state index in [1.807, 2.05) is 30.3 Å². The Morgan fingerprint density at radius 1 is 0.966 bits per heavy atom. The Kier molecular flexibility index (Phi) is 7.59. The van der Waals surface area contributed by atoms with Crippen LogP contribution in [0.2, 0.25) is 5.02 Å². The van der Waals surface area contributed by atoms with Gasteiger partial charge in [0.05, 0.1) is 16.9 Å². The van der Waals surface area contributed by atoms with Crippen molar-refractivity contribution in [2.45, 2.75) is 38.1 Å². The van der Waals surface area contributed by atoms with Crippen LogP contribution in [0.4, 0.5) is 5.95 Å². The van der Waals surface area contributed by atoms with Crippen LogP contribution in [0.3, 0.4) is 0 Å². The lowest BCUT2D eigenvalue weighted by Crippen LogP contribution is -2.23. The number of hydrogen-bond donors (Lipinski definition) is 2. The SMILES string of the molecule is Clc1cnc(NC2CCCCC2)nc1-c1cccc(-c2ccccc2)c1.NC=O. The Hall–Kier alpha value is -2.92. The van der Waals surface area contributed by atoms with Crippen molar-refractivity contribution in [3.8, 4) is 22.4 Å². The number of nitrogens with zero attached hydrogens (tertiary/aromatic N) is 2. The van der Waals surface area contributed by atoms with Crippen molar-refractivity contribution < 1.29 is 4.79 Å². The summed E-state index contributed by atoms with van der Waals surface area (Å²) >= 11 is 6.42. The molecule has 1 aliphatic carbocycles. The molecule has 0 aliphatic heterocycles. The van der Waals surface area contributed by atoms with Crippen LogP contribution < -0.4 is 11.1 Å². The number of anilines is 1. The number of nitrogens with one attached hydrogen (secondary N) is 1. The molecule has 0 bridgehead atoms. The van der Waals surface area contributed by atoms with Gasteiger partial charge in [-0.15, -0.1) is 0 Å². The second-order valence-corrected chi connectivity index (χ2v) is 7.36. The molecule has 1 saturated carbocycles. The van der Waals surface area contributed by atoms with Gasteiger partial charge in [0.2, 0.25) is 12.4 Å². The lowest BCUT2D eigenvalue weighted by Gasteiger charge is -2.22. The molecule has 150 valence electrons. The Balaban J connectivity index is 0.000000755. The minimum absolute atomic E-state index is 0.250. The maximum Gasteiger partial charge on any atom is 0.223 e. The topological polar surface area (TPSA) is 80.9 Å².